The normalized spacial score (nSPS) is 18.4. The van der Waals surface area contributed by atoms with Gasteiger partial charge >= 0.3 is 5.97 Å². The van der Waals surface area contributed by atoms with Gasteiger partial charge in [0, 0.05) is 13.1 Å². The van der Waals surface area contributed by atoms with E-state index >= 15 is 0 Å². The summed E-state index contributed by atoms with van der Waals surface area (Å²) in [6.07, 6.45) is 0.340. The molecule has 0 amide bonds. The number of hydrogen-bond acceptors (Lipinski definition) is 4. The van der Waals surface area contributed by atoms with E-state index in [1.54, 1.807) is 0 Å². The van der Waals surface area contributed by atoms with Gasteiger partial charge in [-0.3, -0.25) is 0 Å². The molecule has 2 rings (SSSR count). The van der Waals surface area contributed by atoms with Crippen molar-refractivity contribution in [2.24, 2.45) is 0 Å². The third-order valence-corrected chi connectivity index (χ3v) is 5.04. The van der Waals surface area contributed by atoms with Crippen LogP contribution in [0, 0.1) is 0 Å². The maximum absolute atomic E-state index is 12.3. The van der Waals surface area contributed by atoms with Gasteiger partial charge in [0.05, 0.1) is 16.6 Å². The first-order chi connectivity index (χ1) is 8.91. The molecular weight excluding hydrogens is 270 g/mol. The second-order valence-corrected chi connectivity index (χ2v) is 6.41. The number of aliphatic hydroxyl groups is 1. The van der Waals surface area contributed by atoms with Crippen molar-refractivity contribution in [1.29, 1.82) is 0 Å². The molecule has 0 aliphatic carbocycles. The summed E-state index contributed by atoms with van der Waals surface area (Å²) >= 11 is 0. The number of carboxylic acid groups (broad SMARTS) is 1. The lowest BCUT2D eigenvalue weighted by atomic mass is 10.1. The number of piperidine rings is 1. The second-order valence-electron chi connectivity index (χ2n) is 4.47. The minimum Gasteiger partial charge on any atom is -0.478 e. The van der Waals surface area contributed by atoms with Crippen LogP contribution in [0.5, 0.6) is 0 Å². The quantitative estimate of drug-likeness (QED) is 0.844. The highest BCUT2D eigenvalue weighted by Crippen LogP contribution is 2.21. The highest BCUT2D eigenvalue weighted by Gasteiger charge is 2.28. The molecule has 6 nitrogen and oxygen atoms in total. The Hall–Kier alpha value is -1.44. The van der Waals surface area contributed by atoms with E-state index in [-0.39, 0.29) is 23.5 Å². The van der Waals surface area contributed by atoms with Crippen molar-refractivity contribution < 1.29 is 23.4 Å². The molecule has 1 saturated heterocycles. The number of aromatic carboxylic acids is 1. The number of carboxylic acids is 1. The molecule has 1 fully saturated rings. The average molecular weight is 285 g/mol. The monoisotopic (exact) mass is 285 g/mol. The Labute approximate surface area is 111 Å². The summed E-state index contributed by atoms with van der Waals surface area (Å²) < 4.78 is 25.9. The lowest BCUT2D eigenvalue weighted by molar-refractivity contribution is 0.0696. The molecule has 0 aromatic heterocycles. The van der Waals surface area contributed by atoms with E-state index in [9.17, 15) is 18.3 Å². The van der Waals surface area contributed by atoms with E-state index in [1.807, 2.05) is 0 Å². The van der Waals surface area contributed by atoms with Crippen molar-refractivity contribution in [1.82, 2.24) is 4.31 Å². The smallest absolute Gasteiger partial charge is 0.335 e. The Morgan fingerprint density at radius 3 is 2.47 bits per heavy atom. The summed E-state index contributed by atoms with van der Waals surface area (Å²) in [7, 11) is -3.68. The zero-order chi connectivity index (χ0) is 14.0. The molecule has 0 atom stereocenters. The number of aliphatic hydroxyl groups excluding tert-OH is 1. The minimum absolute atomic E-state index is 0.0243. The molecule has 0 unspecified atom stereocenters. The van der Waals surface area contributed by atoms with Crippen LogP contribution in [-0.4, -0.2) is 48.1 Å². The molecule has 104 valence electrons. The molecule has 0 spiro atoms. The van der Waals surface area contributed by atoms with Crippen molar-refractivity contribution >= 4 is 16.0 Å². The first kappa shape index (κ1) is 14.0. The van der Waals surface area contributed by atoms with Gasteiger partial charge < -0.3 is 10.2 Å². The van der Waals surface area contributed by atoms with Gasteiger partial charge in [0.1, 0.15) is 0 Å². The summed E-state index contributed by atoms with van der Waals surface area (Å²) in [4.78, 5) is 10.8. The van der Waals surface area contributed by atoms with E-state index in [0.717, 1.165) is 6.07 Å². The van der Waals surface area contributed by atoms with Crippen molar-refractivity contribution in [2.45, 2.75) is 23.8 Å². The van der Waals surface area contributed by atoms with Crippen LogP contribution < -0.4 is 0 Å². The molecule has 7 heteroatoms. The van der Waals surface area contributed by atoms with Crippen LogP contribution in [0.15, 0.2) is 29.2 Å². The van der Waals surface area contributed by atoms with E-state index < -0.39 is 22.1 Å². The van der Waals surface area contributed by atoms with Gasteiger partial charge in [0.2, 0.25) is 10.0 Å². The van der Waals surface area contributed by atoms with Crippen molar-refractivity contribution in [2.75, 3.05) is 13.1 Å². The minimum atomic E-state index is -3.68. The topological polar surface area (TPSA) is 94.9 Å². The Morgan fingerprint density at radius 2 is 1.89 bits per heavy atom. The second kappa shape index (κ2) is 5.28. The molecule has 0 saturated carbocycles. The predicted molar refractivity (Wildman–Crippen MR) is 67.4 cm³/mol. The largest absolute Gasteiger partial charge is 0.478 e. The van der Waals surface area contributed by atoms with Gasteiger partial charge in [-0.05, 0) is 31.0 Å². The molecule has 1 aliphatic rings. The van der Waals surface area contributed by atoms with Crippen molar-refractivity contribution in [3.63, 3.8) is 0 Å². The van der Waals surface area contributed by atoms with Crippen LogP contribution in [0.2, 0.25) is 0 Å². The fourth-order valence-corrected chi connectivity index (χ4v) is 3.54. The van der Waals surface area contributed by atoms with Crippen LogP contribution in [0.25, 0.3) is 0 Å². The van der Waals surface area contributed by atoms with Crippen molar-refractivity contribution in [3.8, 4) is 0 Å². The van der Waals surface area contributed by atoms with Crippen LogP contribution in [0.1, 0.15) is 23.2 Å². The zero-order valence-corrected chi connectivity index (χ0v) is 11.0. The molecular formula is C12H15NO5S. The molecule has 19 heavy (non-hydrogen) atoms. The number of sulfonamides is 1. The molecule has 1 aromatic carbocycles. The van der Waals surface area contributed by atoms with Gasteiger partial charge in [0.15, 0.2) is 0 Å². The Balaban J connectivity index is 2.29. The van der Waals surface area contributed by atoms with Crippen LogP contribution in [0.3, 0.4) is 0 Å². The molecule has 1 aromatic rings. The number of carbonyl (C=O) groups is 1. The number of benzene rings is 1. The molecule has 1 heterocycles. The first-order valence-electron chi connectivity index (χ1n) is 5.93. The highest BCUT2D eigenvalue weighted by atomic mass is 32.2. The van der Waals surface area contributed by atoms with Gasteiger partial charge in [-0.1, -0.05) is 6.07 Å². The SMILES string of the molecule is O=C(O)c1cccc(S(=O)(=O)N2CCC(O)CC2)c1. The Morgan fingerprint density at radius 1 is 1.26 bits per heavy atom. The number of nitrogens with zero attached hydrogens (tertiary/aromatic N) is 1. The number of hydrogen-bond donors (Lipinski definition) is 2. The summed E-state index contributed by atoms with van der Waals surface area (Å²) in [6.45, 7) is 0.502. The van der Waals surface area contributed by atoms with Crippen LogP contribution in [-0.2, 0) is 10.0 Å². The van der Waals surface area contributed by atoms with Crippen LogP contribution >= 0.6 is 0 Å². The molecule has 1 aliphatic heterocycles. The zero-order valence-electron chi connectivity index (χ0n) is 10.2. The lowest BCUT2D eigenvalue weighted by Gasteiger charge is -2.28. The van der Waals surface area contributed by atoms with E-state index in [1.165, 1.54) is 22.5 Å². The maximum Gasteiger partial charge on any atom is 0.335 e. The lowest BCUT2D eigenvalue weighted by Crippen LogP contribution is -2.40. The van der Waals surface area contributed by atoms with E-state index in [0.29, 0.717) is 12.8 Å². The van der Waals surface area contributed by atoms with E-state index in [4.69, 9.17) is 5.11 Å². The Bertz CT molecular complexity index is 576. The maximum atomic E-state index is 12.3. The Kier molecular flexibility index (Phi) is 3.88. The summed E-state index contributed by atoms with van der Waals surface area (Å²) in [6, 6.07) is 5.30. The predicted octanol–water partition coefficient (Wildman–Crippen LogP) is 0.530. The van der Waals surface area contributed by atoms with E-state index in [2.05, 4.69) is 0 Å². The summed E-state index contributed by atoms with van der Waals surface area (Å²) in [5.74, 6) is -1.16. The van der Waals surface area contributed by atoms with Gasteiger partial charge in [-0.2, -0.15) is 4.31 Å². The summed E-state index contributed by atoms with van der Waals surface area (Å²) in [5.41, 5.74) is -0.0573. The fraction of sp³-hybridized carbons (Fsp3) is 0.417. The molecule has 0 radical (unpaired) electrons. The number of rotatable bonds is 3. The standard InChI is InChI=1S/C12H15NO5S/c14-10-4-6-13(7-5-10)19(17,18)11-3-1-2-9(8-11)12(15)16/h1-3,8,10,14H,4-7H2,(H,15,16). The third kappa shape index (κ3) is 2.94. The fourth-order valence-electron chi connectivity index (χ4n) is 2.02. The highest BCUT2D eigenvalue weighted by molar-refractivity contribution is 7.89. The molecule has 2 N–H and O–H groups in total. The third-order valence-electron chi connectivity index (χ3n) is 3.14. The van der Waals surface area contributed by atoms with Crippen LogP contribution in [0.4, 0.5) is 0 Å². The average Bonchev–Trinajstić information content (AvgIpc) is 2.39. The van der Waals surface area contributed by atoms with Gasteiger partial charge in [-0.15, -0.1) is 0 Å². The van der Waals surface area contributed by atoms with Gasteiger partial charge in [-0.25, -0.2) is 13.2 Å². The molecule has 0 bridgehead atoms. The van der Waals surface area contributed by atoms with Gasteiger partial charge in [0.25, 0.3) is 0 Å². The summed E-state index contributed by atoms with van der Waals surface area (Å²) in [5, 5.41) is 18.3. The van der Waals surface area contributed by atoms with Crippen molar-refractivity contribution in [3.05, 3.63) is 29.8 Å². The first-order valence-corrected chi connectivity index (χ1v) is 7.37.